The monoisotopic (exact) mass is 137 g/mol. The molecule has 0 aromatic carbocycles. The third kappa shape index (κ3) is 5.37. The lowest BCUT2D eigenvalue weighted by molar-refractivity contribution is 0.809. The highest BCUT2D eigenvalue weighted by atomic mass is 14.2. The van der Waals surface area contributed by atoms with Crippen molar-refractivity contribution in [2.75, 3.05) is 0 Å². The second-order valence-electron chi connectivity index (χ2n) is 2.53. The van der Waals surface area contributed by atoms with Crippen molar-refractivity contribution in [3.05, 3.63) is 11.6 Å². The van der Waals surface area contributed by atoms with Gasteiger partial charge in [-0.15, -0.1) is 0 Å². The highest BCUT2D eigenvalue weighted by Gasteiger charge is 1.85. The van der Waals surface area contributed by atoms with Crippen LogP contribution in [0, 0.1) is 11.3 Å². The van der Waals surface area contributed by atoms with E-state index in [0.29, 0.717) is 6.42 Å². The van der Waals surface area contributed by atoms with Crippen molar-refractivity contribution in [1.29, 1.82) is 5.26 Å². The summed E-state index contributed by atoms with van der Waals surface area (Å²) in [4.78, 5) is 0. The van der Waals surface area contributed by atoms with Gasteiger partial charge in [-0.2, -0.15) is 5.26 Å². The normalized spacial score (nSPS) is 11.1. The molecular weight excluding hydrogens is 122 g/mol. The predicted octanol–water partition coefficient (Wildman–Crippen LogP) is 3.04. The molecule has 1 heteroatoms. The predicted molar refractivity (Wildman–Crippen MR) is 43.5 cm³/mol. The summed E-state index contributed by atoms with van der Waals surface area (Å²) < 4.78 is 0. The molecule has 0 N–H and O–H groups in total. The van der Waals surface area contributed by atoms with Crippen LogP contribution < -0.4 is 0 Å². The lowest BCUT2D eigenvalue weighted by Crippen LogP contribution is -1.74. The summed E-state index contributed by atoms with van der Waals surface area (Å²) in [7, 11) is 0. The van der Waals surface area contributed by atoms with Crippen molar-refractivity contribution in [2.45, 2.75) is 39.5 Å². The lowest BCUT2D eigenvalue weighted by Gasteiger charge is -1.92. The molecule has 56 valence electrons. The number of hydrogen-bond acceptors (Lipinski definition) is 1. The molecule has 0 atom stereocenters. The maximum Gasteiger partial charge on any atom is 0.0666 e. The number of nitrogens with zero attached hydrogens (tertiary/aromatic N) is 1. The molecule has 0 aliphatic heterocycles. The maximum absolute atomic E-state index is 8.30. The van der Waals surface area contributed by atoms with E-state index in [2.05, 4.69) is 19.1 Å². The van der Waals surface area contributed by atoms with Gasteiger partial charge in [-0.3, -0.25) is 0 Å². The summed E-state index contributed by atoms with van der Waals surface area (Å²) in [6.07, 6.45) is 6.35. The van der Waals surface area contributed by atoms with E-state index in [1.165, 1.54) is 18.4 Å². The minimum Gasteiger partial charge on any atom is -0.198 e. The van der Waals surface area contributed by atoms with Crippen LogP contribution in [0.3, 0.4) is 0 Å². The van der Waals surface area contributed by atoms with Gasteiger partial charge >= 0.3 is 0 Å². The Morgan fingerprint density at radius 1 is 1.60 bits per heavy atom. The molecule has 0 saturated heterocycles. The summed E-state index contributed by atoms with van der Waals surface area (Å²) in [5.74, 6) is 0. The summed E-state index contributed by atoms with van der Waals surface area (Å²) in [5.41, 5.74) is 1.20. The molecule has 0 bridgehead atoms. The Bertz CT molecular complexity index is 139. The number of nitriles is 1. The SMILES string of the molecule is CCCCC=C(C)CC#N. The quantitative estimate of drug-likeness (QED) is 0.431. The van der Waals surface area contributed by atoms with E-state index in [0.717, 1.165) is 6.42 Å². The molecule has 0 aromatic rings. The van der Waals surface area contributed by atoms with E-state index in [1.807, 2.05) is 6.92 Å². The van der Waals surface area contributed by atoms with Crippen LogP contribution in [0.15, 0.2) is 11.6 Å². The Hall–Kier alpha value is -0.770. The van der Waals surface area contributed by atoms with E-state index in [9.17, 15) is 0 Å². The van der Waals surface area contributed by atoms with Gasteiger partial charge in [0.1, 0.15) is 0 Å². The minimum absolute atomic E-state index is 0.587. The standard InChI is InChI=1S/C9H15N/c1-3-4-5-6-9(2)7-8-10/h6H,3-5,7H2,1-2H3. The first kappa shape index (κ1) is 9.23. The summed E-state index contributed by atoms with van der Waals surface area (Å²) >= 11 is 0. The van der Waals surface area contributed by atoms with Crippen molar-refractivity contribution in [3.8, 4) is 6.07 Å². The number of rotatable bonds is 4. The van der Waals surface area contributed by atoms with E-state index < -0.39 is 0 Å². The lowest BCUT2D eigenvalue weighted by atomic mass is 10.1. The second kappa shape index (κ2) is 6.35. The van der Waals surface area contributed by atoms with Crippen LogP contribution in [0.5, 0.6) is 0 Å². The van der Waals surface area contributed by atoms with Crippen LogP contribution >= 0.6 is 0 Å². The van der Waals surface area contributed by atoms with E-state index >= 15 is 0 Å². The fraction of sp³-hybridized carbons (Fsp3) is 0.667. The van der Waals surface area contributed by atoms with Crippen LogP contribution in [0.25, 0.3) is 0 Å². The molecule has 0 unspecified atom stereocenters. The van der Waals surface area contributed by atoms with Crippen LogP contribution in [-0.4, -0.2) is 0 Å². The zero-order chi connectivity index (χ0) is 7.82. The van der Waals surface area contributed by atoms with Gasteiger partial charge in [-0.25, -0.2) is 0 Å². The molecule has 0 amide bonds. The van der Waals surface area contributed by atoms with Crippen molar-refractivity contribution in [2.24, 2.45) is 0 Å². The highest BCUT2D eigenvalue weighted by molar-refractivity contribution is 5.03. The Balaban J connectivity index is 3.40. The molecule has 0 saturated carbocycles. The van der Waals surface area contributed by atoms with Gasteiger partial charge in [0.25, 0.3) is 0 Å². The average Bonchev–Trinajstić information content (AvgIpc) is 1.89. The molecule has 0 aliphatic rings. The zero-order valence-corrected chi connectivity index (χ0v) is 6.85. The Kier molecular flexibility index (Phi) is 5.86. The van der Waals surface area contributed by atoms with Gasteiger partial charge in [0, 0.05) is 0 Å². The highest BCUT2D eigenvalue weighted by Crippen LogP contribution is 2.03. The largest absolute Gasteiger partial charge is 0.198 e. The fourth-order valence-electron chi connectivity index (χ4n) is 0.749. The topological polar surface area (TPSA) is 23.8 Å². The third-order valence-corrected chi connectivity index (χ3v) is 1.41. The first-order valence-electron chi connectivity index (χ1n) is 3.83. The summed E-state index contributed by atoms with van der Waals surface area (Å²) in [6, 6.07) is 2.13. The average molecular weight is 137 g/mol. The third-order valence-electron chi connectivity index (χ3n) is 1.41. The number of allylic oxidation sites excluding steroid dienone is 2. The Morgan fingerprint density at radius 2 is 2.30 bits per heavy atom. The zero-order valence-electron chi connectivity index (χ0n) is 6.85. The first-order valence-corrected chi connectivity index (χ1v) is 3.83. The molecule has 0 heterocycles. The summed E-state index contributed by atoms with van der Waals surface area (Å²) in [6.45, 7) is 4.19. The fourth-order valence-corrected chi connectivity index (χ4v) is 0.749. The van der Waals surface area contributed by atoms with Gasteiger partial charge in [0.2, 0.25) is 0 Å². The molecular formula is C9H15N. The molecule has 1 nitrogen and oxygen atoms in total. The van der Waals surface area contributed by atoms with Crippen molar-refractivity contribution >= 4 is 0 Å². The van der Waals surface area contributed by atoms with E-state index in [-0.39, 0.29) is 0 Å². The van der Waals surface area contributed by atoms with Crippen molar-refractivity contribution < 1.29 is 0 Å². The van der Waals surface area contributed by atoms with Gasteiger partial charge in [-0.05, 0) is 13.3 Å². The van der Waals surface area contributed by atoms with Gasteiger partial charge in [-0.1, -0.05) is 31.4 Å². The van der Waals surface area contributed by atoms with Crippen molar-refractivity contribution in [3.63, 3.8) is 0 Å². The maximum atomic E-state index is 8.30. The van der Waals surface area contributed by atoms with Crippen LogP contribution in [0.1, 0.15) is 39.5 Å². The molecule has 10 heavy (non-hydrogen) atoms. The van der Waals surface area contributed by atoms with Gasteiger partial charge in [0.15, 0.2) is 0 Å². The van der Waals surface area contributed by atoms with Crippen LogP contribution in [0.4, 0.5) is 0 Å². The Morgan fingerprint density at radius 3 is 2.80 bits per heavy atom. The first-order chi connectivity index (χ1) is 4.81. The van der Waals surface area contributed by atoms with Gasteiger partial charge < -0.3 is 0 Å². The van der Waals surface area contributed by atoms with Crippen LogP contribution in [0.2, 0.25) is 0 Å². The number of unbranched alkanes of at least 4 members (excludes halogenated alkanes) is 2. The smallest absolute Gasteiger partial charge is 0.0666 e. The molecule has 0 radical (unpaired) electrons. The van der Waals surface area contributed by atoms with E-state index in [1.54, 1.807) is 0 Å². The van der Waals surface area contributed by atoms with Crippen molar-refractivity contribution in [1.82, 2.24) is 0 Å². The summed E-state index contributed by atoms with van der Waals surface area (Å²) in [5, 5.41) is 8.30. The van der Waals surface area contributed by atoms with Gasteiger partial charge in [0.05, 0.1) is 12.5 Å². The van der Waals surface area contributed by atoms with Crippen LogP contribution in [-0.2, 0) is 0 Å². The molecule has 0 fully saturated rings. The Labute approximate surface area is 63.4 Å². The second-order valence-corrected chi connectivity index (χ2v) is 2.53. The minimum atomic E-state index is 0.587. The molecule has 0 spiro atoms. The number of hydrogen-bond donors (Lipinski definition) is 0. The molecule has 0 aliphatic carbocycles. The molecule has 0 rings (SSSR count). The van der Waals surface area contributed by atoms with E-state index in [4.69, 9.17) is 5.26 Å². The molecule has 0 aromatic heterocycles.